The fraction of sp³-hybridized carbons (Fsp3) is 0.933. The van der Waals surface area contributed by atoms with Gasteiger partial charge in [0, 0.05) is 6.04 Å². The summed E-state index contributed by atoms with van der Waals surface area (Å²) in [6.45, 7) is 18.9. The number of allylic oxidation sites excluding steroid dienone is 2. The average Bonchev–Trinajstić information content (AvgIpc) is 2.76. The van der Waals surface area contributed by atoms with Gasteiger partial charge in [0.15, 0.2) is 0 Å². The number of hydrogen-bond donors (Lipinski definition) is 2. The third kappa shape index (κ3) is 9.01. The van der Waals surface area contributed by atoms with Crippen LogP contribution in [0.1, 0.15) is 120 Å². The zero-order valence-corrected chi connectivity index (χ0v) is 24.0. The Balaban J connectivity index is 3.14. The standard InChI is InChI=1S/C30H59NS/c1-9-13-27-19-25(11-3)15-16-26(27)14-12-17-30(21-32,20-22(4)5)28(18-24(8)10-2)29(31)23(6)7/h12,14,22-29,32H,9-11,13,15-21,31H2,1-8H3. The molecule has 32 heavy (non-hydrogen) atoms. The Bertz CT molecular complexity index is 513. The van der Waals surface area contributed by atoms with E-state index in [0.717, 1.165) is 35.8 Å². The number of rotatable bonds is 15. The van der Waals surface area contributed by atoms with Gasteiger partial charge in [0.1, 0.15) is 0 Å². The van der Waals surface area contributed by atoms with Crippen molar-refractivity contribution in [2.75, 3.05) is 5.75 Å². The molecule has 0 heterocycles. The van der Waals surface area contributed by atoms with Crippen molar-refractivity contribution in [3.8, 4) is 0 Å². The van der Waals surface area contributed by atoms with Gasteiger partial charge in [-0.25, -0.2) is 0 Å². The first kappa shape index (κ1) is 30.1. The van der Waals surface area contributed by atoms with Crippen molar-refractivity contribution in [3.63, 3.8) is 0 Å². The molecule has 0 aromatic heterocycles. The summed E-state index contributed by atoms with van der Waals surface area (Å²) in [7, 11) is 0. The van der Waals surface area contributed by atoms with Crippen LogP contribution in [0.5, 0.6) is 0 Å². The van der Waals surface area contributed by atoms with Crippen LogP contribution < -0.4 is 5.73 Å². The molecule has 1 aliphatic carbocycles. The zero-order valence-electron chi connectivity index (χ0n) is 23.1. The minimum absolute atomic E-state index is 0.196. The Morgan fingerprint density at radius 1 is 1.06 bits per heavy atom. The van der Waals surface area contributed by atoms with Crippen molar-refractivity contribution in [2.45, 2.75) is 126 Å². The van der Waals surface area contributed by atoms with E-state index in [9.17, 15) is 0 Å². The van der Waals surface area contributed by atoms with Gasteiger partial charge >= 0.3 is 0 Å². The lowest BCUT2D eigenvalue weighted by Crippen LogP contribution is -2.48. The Kier molecular flexibility index (Phi) is 14.2. The molecule has 0 aromatic rings. The molecule has 190 valence electrons. The van der Waals surface area contributed by atoms with Crippen LogP contribution in [-0.2, 0) is 0 Å². The van der Waals surface area contributed by atoms with Gasteiger partial charge in [-0.05, 0) is 91.1 Å². The summed E-state index contributed by atoms with van der Waals surface area (Å²) in [5.74, 6) is 6.00. The fourth-order valence-electron chi connectivity index (χ4n) is 6.51. The number of nitrogens with two attached hydrogens (primary N) is 1. The molecule has 0 saturated heterocycles. The van der Waals surface area contributed by atoms with Crippen molar-refractivity contribution < 1.29 is 0 Å². The molecule has 2 heteroatoms. The molecule has 7 atom stereocenters. The molecule has 0 radical (unpaired) electrons. The van der Waals surface area contributed by atoms with E-state index in [1.807, 2.05) is 0 Å². The predicted molar refractivity (Wildman–Crippen MR) is 149 cm³/mol. The van der Waals surface area contributed by atoms with Gasteiger partial charge < -0.3 is 5.73 Å². The Labute approximate surface area is 208 Å². The molecule has 1 rings (SSSR count). The van der Waals surface area contributed by atoms with Gasteiger partial charge in [0.2, 0.25) is 0 Å². The van der Waals surface area contributed by atoms with Crippen molar-refractivity contribution in [2.24, 2.45) is 52.6 Å². The molecule has 7 unspecified atom stereocenters. The van der Waals surface area contributed by atoms with Crippen LogP contribution >= 0.6 is 12.6 Å². The molecule has 0 spiro atoms. The second-order valence-electron chi connectivity index (χ2n) is 12.2. The molecule has 1 fully saturated rings. The molecular formula is C30H59NS. The van der Waals surface area contributed by atoms with E-state index in [0.29, 0.717) is 17.8 Å². The summed E-state index contributed by atoms with van der Waals surface area (Å²) in [4.78, 5) is 0. The molecule has 0 aliphatic heterocycles. The van der Waals surface area contributed by atoms with Gasteiger partial charge in [0.05, 0.1) is 0 Å². The Morgan fingerprint density at radius 3 is 2.25 bits per heavy atom. The van der Waals surface area contributed by atoms with Crippen LogP contribution in [0, 0.1) is 46.8 Å². The molecule has 1 aliphatic rings. The fourth-order valence-corrected chi connectivity index (χ4v) is 7.01. The van der Waals surface area contributed by atoms with Crippen molar-refractivity contribution in [1.29, 1.82) is 0 Å². The minimum atomic E-state index is 0.196. The van der Waals surface area contributed by atoms with Crippen LogP contribution in [0.4, 0.5) is 0 Å². The maximum Gasteiger partial charge on any atom is 0.00961 e. The van der Waals surface area contributed by atoms with Crippen LogP contribution in [0.3, 0.4) is 0 Å². The van der Waals surface area contributed by atoms with Gasteiger partial charge in [-0.15, -0.1) is 0 Å². The van der Waals surface area contributed by atoms with Crippen LogP contribution in [0.15, 0.2) is 12.2 Å². The predicted octanol–water partition coefficient (Wildman–Crippen LogP) is 9.17. The zero-order chi connectivity index (χ0) is 24.3. The summed E-state index contributed by atoms with van der Waals surface area (Å²) in [6, 6.07) is 0.246. The average molecular weight is 466 g/mol. The van der Waals surface area contributed by atoms with Crippen molar-refractivity contribution in [3.05, 3.63) is 12.2 Å². The molecular weight excluding hydrogens is 406 g/mol. The molecule has 0 aromatic carbocycles. The number of hydrogen-bond acceptors (Lipinski definition) is 2. The molecule has 0 amide bonds. The summed E-state index contributed by atoms with van der Waals surface area (Å²) < 4.78 is 0. The molecule has 1 nitrogen and oxygen atoms in total. The first-order valence-corrected chi connectivity index (χ1v) is 14.8. The van der Waals surface area contributed by atoms with E-state index in [4.69, 9.17) is 18.4 Å². The molecule has 2 N–H and O–H groups in total. The van der Waals surface area contributed by atoms with Crippen molar-refractivity contribution in [1.82, 2.24) is 0 Å². The quantitative estimate of drug-likeness (QED) is 0.183. The first-order chi connectivity index (χ1) is 15.1. The van der Waals surface area contributed by atoms with Gasteiger partial charge in [-0.3, -0.25) is 0 Å². The topological polar surface area (TPSA) is 26.0 Å². The van der Waals surface area contributed by atoms with Crippen LogP contribution in [-0.4, -0.2) is 11.8 Å². The maximum atomic E-state index is 6.95. The van der Waals surface area contributed by atoms with E-state index in [1.54, 1.807) is 0 Å². The minimum Gasteiger partial charge on any atom is -0.327 e. The monoisotopic (exact) mass is 465 g/mol. The van der Waals surface area contributed by atoms with Crippen molar-refractivity contribution >= 4 is 12.6 Å². The van der Waals surface area contributed by atoms with E-state index >= 15 is 0 Å². The maximum absolute atomic E-state index is 6.95. The van der Waals surface area contributed by atoms with Gasteiger partial charge in [0.25, 0.3) is 0 Å². The lowest BCUT2D eigenvalue weighted by atomic mass is 9.62. The normalized spacial score (nSPS) is 27.1. The van der Waals surface area contributed by atoms with Gasteiger partial charge in [-0.1, -0.05) is 93.2 Å². The lowest BCUT2D eigenvalue weighted by Gasteiger charge is -2.46. The second kappa shape index (κ2) is 15.1. The van der Waals surface area contributed by atoms with E-state index < -0.39 is 0 Å². The summed E-state index contributed by atoms with van der Waals surface area (Å²) in [5.41, 5.74) is 7.15. The van der Waals surface area contributed by atoms with E-state index in [-0.39, 0.29) is 11.5 Å². The van der Waals surface area contributed by atoms with Gasteiger partial charge in [-0.2, -0.15) is 12.6 Å². The third-order valence-corrected chi connectivity index (χ3v) is 9.43. The highest BCUT2D eigenvalue weighted by Crippen LogP contribution is 2.46. The van der Waals surface area contributed by atoms with Crippen LogP contribution in [0.2, 0.25) is 0 Å². The van der Waals surface area contributed by atoms with E-state index in [1.165, 1.54) is 57.8 Å². The summed E-state index contributed by atoms with van der Waals surface area (Å²) in [6.07, 6.45) is 18.4. The second-order valence-corrected chi connectivity index (χ2v) is 12.5. The third-order valence-electron chi connectivity index (χ3n) is 8.80. The first-order valence-electron chi connectivity index (χ1n) is 14.2. The summed E-state index contributed by atoms with van der Waals surface area (Å²) in [5, 5.41) is 0. The summed E-state index contributed by atoms with van der Waals surface area (Å²) >= 11 is 5.02. The SMILES string of the molecule is CCCC1CC(CC)CCC1C=CCC(CS)(CC(C)C)C(CC(C)CC)C(N)C(C)C. The Hall–Kier alpha value is 0.0500. The smallest absolute Gasteiger partial charge is 0.00961 e. The Morgan fingerprint density at radius 2 is 1.75 bits per heavy atom. The largest absolute Gasteiger partial charge is 0.327 e. The highest BCUT2D eigenvalue weighted by Gasteiger charge is 2.41. The highest BCUT2D eigenvalue weighted by atomic mass is 32.1. The van der Waals surface area contributed by atoms with Crippen LogP contribution in [0.25, 0.3) is 0 Å². The van der Waals surface area contributed by atoms with E-state index in [2.05, 4.69) is 67.5 Å². The highest BCUT2D eigenvalue weighted by molar-refractivity contribution is 7.80. The molecule has 0 bridgehead atoms. The molecule has 1 saturated carbocycles. The lowest BCUT2D eigenvalue weighted by molar-refractivity contribution is 0.0896. The number of thiol groups is 1.